The Morgan fingerprint density at radius 1 is 1.09 bits per heavy atom. The van der Waals surface area contributed by atoms with E-state index in [0.717, 1.165) is 29.3 Å². The Morgan fingerprint density at radius 3 is 2.83 bits per heavy atom. The van der Waals surface area contributed by atoms with Crippen LogP contribution in [-0.4, -0.2) is 18.0 Å². The van der Waals surface area contributed by atoms with Crippen molar-refractivity contribution in [3.05, 3.63) is 42.5 Å². The average Bonchev–Trinajstić information content (AvgIpc) is 3.17. The number of ether oxygens (including phenoxy) is 1. The average molecular weight is 307 g/mol. The molecule has 3 fully saturated rings. The molecule has 5 rings (SSSR count). The zero-order valence-corrected chi connectivity index (χ0v) is 12.6. The quantitative estimate of drug-likeness (QED) is 0.868. The molecule has 2 aliphatic carbocycles. The molecular formula is C19H17NO3. The van der Waals surface area contributed by atoms with Gasteiger partial charge in [-0.3, -0.25) is 9.59 Å². The maximum Gasteiger partial charge on any atom is 0.310 e. The van der Waals surface area contributed by atoms with E-state index >= 15 is 0 Å². The first kappa shape index (κ1) is 13.1. The van der Waals surface area contributed by atoms with Crippen molar-refractivity contribution >= 4 is 28.3 Å². The maximum absolute atomic E-state index is 12.9. The molecule has 2 bridgehead atoms. The van der Waals surface area contributed by atoms with Gasteiger partial charge in [0.05, 0.1) is 11.8 Å². The molecule has 1 aliphatic heterocycles. The highest BCUT2D eigenvalue weighted by molar-refractivity contribution is 6.04. The first-order valence-electron chi connectivity index (χ1n) is 8.21. The SMILES string of the molecule is O=C(Nc1cccc2ccccc12)[C@@H]1[C@@H]2C[C@@H]3[C@H]1C(=O)O[C@@H]3C2. The molecule has 0 radical (unpaired) electrons. The molecule has 3 aliphatic rings. The second kappa shape index (κ2) is 4.57. The highest BCUT2D eigenvalue weighted by Crippen LogP contribution is 2.57. The fourth-order valence-corrected chi connectivity index (χ4v) is 4.91. The van der Waals surface area contributed by atoms with E-state index in [2.05, 4.69) is 5.32 Å². The van der Waals surface area contributed by atoms with Crippen molar-refractivity contribution in [3.63, 3.8) is 0 Å². The largest absolute Gasteiger partial charge is 0.462 e. The van der Waals surface area contributed by atoms with Crippen molar-refractivity contribution in [2.45, 2.75) is 18.9 Å². The lowest BCUT2D eigenvalue weighted by Crippen LogP contribution is -2.35. The summed E-state index contributed by atoms with van der Waals surface area (Å²) in [5.41, 5.74) is 0.818. The third-order valence-corrected chi connectivity index (χ3v) is 5.83. The molecule has 0 spiro atoms. The fourth-order valence-electron chi connectivity index (χ4n) is 4.91. The molecule has 0 unspecified atom stereocenters. The summed E-state index contributed by atoms with van der Waals surface area (Å²) in [7, 11) is 0. The predicted octanol–water partition coefficient (Wildman–Crippen LogP) is 2.98. The van der Waals surface area contributed by atoms with E-state index in [1.165, 1.54) is 0 Å². The van der Waals surface area contributed by atoms with Crippen LogP contribution in [0.25, 0.3) is 10.8 Å². The Bertz CT molecular complexity index is 823. The number of carbonyl (C=O) groups excluding carboxylic acids is 2. The van der Waals surface area contributed by atoms with Crippen LogP contribution in [0.4, 0.5) is 5.69 Å². The van der Waals surface area contributed by atoms with E-state index in [0.29, 0.717) is 0 Å². The molecule has 4 nitrogen and oxygen atoms in total. The lowest BCUT2D eigenvalue weighted by Gasteiger charge is -2.23. The summed E-state index contributed by atoms with van der Waals surface area (Å²) >= 11 is 0. The molecule has 5 atom stereocenters. The summed E-state index contributed by atoms with van der Waals surface area (Å²) in [6, 6.07) is 13.9. The van der Waals surface area contributed by atoms with Crippen molar-refractivity contribution in [1.82, 2.24) is 0 Å². The van der Waals surface area contributed by atoms with Gasteiger partial charge in [-0.05, 0) is 30.2 Å². The molecule has 1 amide bonds. The molecule has 2 aromatic carbocycles. The molecule has 2 aromatic rings. The molecule has 2 saturated carbocycles. The topological polar surface area (TPSA) is 55.4 Å². The number of carbonyl (C=O) groups is 2. The van der Waals surface area contributed by atoms with Crippen LogP contribution in [0.5, 0.6) is 0 Å². The van der Waals surface area contributed by atoms with E-state index in [1.807, 2.05) is 42.5 Å². The van der Waals surface area contributed by atoms with Gasteiger partial charge in [0.1, 0.15) is 6.10 Å². The minimum Gasteiger partial charge on any atom is -0.462 e. The summed E-state index contributed by atoms with van der Waals surface area (Å²) < 4.78 is 5.42. The zero-order chi connectivity index (χ0) is 15.6. The lowest BCUT2D eigenvalue weighted by atomic mass is 9.79. The second-order valence-corrected chi connectivity index (χ2v) is 6.94. The summed E-state index contributed by atoms with van der Waals surface area (Å²) in [6.07, 6.45) is 1.87. The van der Waals surface area contributed by atoms with E-state index in [1.54, 1.807) is 0 Å². The van der Waals surface area contributed by atoms with Crippen LogP contribution in [0.2, 0.25) is 0 Å². The smallest absolute Gasteiger partial charge is 0.310 e. The lowest BCUT2D eigenvalue weighted by molar-refractivity contribution is -0.145. The Labute approximate surface area is 133 Å². The van der Waals surface area contributed by atoms with E-state index in [-0.39, 0.29) is 41.7 Å². The molecule has 116 valence electrons. The summed E-state index contributed by atoms with van der Waals surface area (Å²) in [5, 5.41) is 5.19. The third-order valence-electron chi connectivity index (χ3n) is 5.83. The van der Waals surface area contributed by atoms with Gasteiger partial charge < -0.3 is 10.1 Å². The number of benzene rings is 2. The Morgan fingerprint density at radius 2 is 1.91 bits per heavy atom. The van der Waals surface area contributed by atoms with Gasteiger partial charge in [-0.25, -0.2) is 0 Å². The first-order chi connectivity index (χ1) is 11.2. The molecule has 1 N–H and O–H groups in total. The summed E-state index contributed by atoms with van der Waals surface area (Å²) in [6.45, 7) is 0. The van der Waals surface area contributed by atoms with E-state index in [4.69, 9.17) is 4.74 Å². The van der Waals surface area contributed by atoms with Crippen LogP contribution in [-0.2, 0) is 14.3 Å². The number of nitrogens with one attached hydrogen (secondary N) is 1. The number of esters is 1. The number of hydrogen-bond acceptors (Lipinski definition) is 3. The Kier molecular flexibility index (Phi) is 2.61. The second-order valence-electron chi connectivity index (χ2n) is 6.94. The van der Waals surface area contributed by atoms with Gasteiger partial charge in [0.15, 0.2) is 0 Å². The first-order valence-corrected chi connectivity index (χ1v) is 8.21. The van der Waals surface area contributed by atoms with Crippen molar-refractivity contribution in [3.8, 4) is 0 Å². The maximum atomic E-state index is 12.9. The van der Waals surface area contributed by atoms with Crippen molar-refractivity contribution < 1.29 is 14.3 Å². The van der Waals surface area contributed by atoms with Crippen molar-refractivity contribution in [2.75, 3.05) is 5.32 Å². The summed E-state index contributed by atoms with van der Waals surface area (Å²) in [4.78, 5) is 24.9. The van der Waals surface area contributed by atoms with Crippen LogP contribution in [0.15, 0.2) is 42.5 Å². The molecule has 1 heterocycles. The van der Waals surface area contributed by atoms with Crippen LogP contribution in [0, 0.1) is 23.7 Å². The Hall–Kier alpha value is -2.36. The Balaban J connectivity index is 1.47. The van der Waals surface area contributed by atoms with E-state index in [9.17, 15) is 9.59 Å². The van der Waals surface area contributed by atoms with Gasteiger partial charge in [-0.2, -0.15) is 0 Å². The van der Waals surface area contributed by atoms with Gasteiger partial charge in [-0.15, -0.1) is 0 Å². The molecular weight excluding hydrogens is 290 g/mol. The number of amides is 1. The van der Waals surface area contributed by atoms with E-state index < -0.39 is 0 Å². The van der Waals surface area contributed by atoms with Crippen LogP contribution in [0.1, 0.15) is 12.8 Å². The number of fused-ring (bicyclic) bond motifs is 2. The monoisotopic (exact) mass is 307 g/mol. The highest BCUT2D eigenvalue weighted by Gasteiger charge is 2.63. The number of anilines is 1. The molecule has 4 heteroatoms. The van der Waals surface area contributed by atoms with Crippen molar-refractivity contribution in [1.29, 1.82) is 0 Å². The molecule has 23 heavy (non-hydrogen) atoms. The highest BCUT2D eigenvalue weighted by atomic mass is 16.6. The third kappa shape index (κ3) is 1.78. The molecule has 0 aromatic heterocycles. The normalized spacial score (nSPS) is 33.9. The minimum atomic E-state index is -0.231. The number of hydrogen-bond donors (Lipinski definition) is 1. The van der Waals surface area contributed by atoms with Crippen LogP contribution in [0.3, 0.4) is 0 Å². The zero-order valence-electron chi connectivity index (χ0n) is 12.6. The molecule has 1 saturated heterocycles. The van der Waals surface area contributed by atoms with Gasteiger partial charge in [0.25, 0.3) is 0 Å². The predicted molar refractivity (Wildman–Crippen MR) is 85.7 cm³/mol. The van der Waals surface area contributed by atoms with Gasteiger partial charge >= 0.3 is 5.97 Å². The van der Waals surface area contributed by atoms with Crippen LogP contribution < -0.4 is 5.32 Å². The summed E-state index contributed by atoms with van der Waals surface area (Å²) in [5.74, 6) is -0.111. The van der Waals surface area contributed by atoms with Gasteiger partial charge in [0.2, 0.25) is 5.91 Å². The minimum absolute atomic E-state index is 0.0313. The fraction of sp³-hybridized carbons (Fsp3) is 0.368. The van der Waals surface area contributed by atoms with Gasteiger partial charge in [-0.1, -0.05) is 36.4 Å². The van der Waals surface area contributed by atoms with Gasteiger partial charge in [0, 0.05) is 17.0 Å². The van der Waals surface area contributed by atoms with Crippen LogP contribution >= 0.6 is 0 Å². The standard InChI is InChI=1S/C19H17NO3/c21-18(16-11-8-13-15(9-11)23-19(22)17(13)16)20-14-7-3-5-10-4-1-2-6-12(10)14/h1-7,11,13,15-17H,8-9H2,(H,20,21)/t11-,13+,15-,16-,17-/m1/s1. The van der Waals surface area contributed by atoms with Crippen molar-refractivity contribution in [2.24, 2.45) is 23.7 Å². The number of rotatable bonds is 2.